The van der Waals surface area contributed by atoms with Crippen LogP contribution in [0.1, 0.15) is 23.0 Å². The van der Waals surface area contributed by atoms with Gasteiger partial charge in [0.15, 0.2) is 11.5 Å². The summed E-state index contributed by atoms with van der Waals surface area (Å²) in [7, 11) is 1.26. The highest BCUT2D eigenvalue weighted by atomic mass is 19.4. The number of alkyl halides is 3. The maximum atomic E-state index is 13.4. The monoisotopic (exact) mass is 341 g/mol. The molecule has 0 aliphatic carbocycles. The number of esters is 1. The largest absolute Gasteiger partial charge is 0.462 e. The minimum atomic E-state index is -4.69. The van der Waals surface area contributed by atoms with E-state index in [4.69, 9.17) is 14.2 Å². The van der Waals surface area contributed by atoms with E-state index in [0.717, 1.165) is 4.57 Å². The fraction of sp³-hybridized carbons (Fsp3) is 0.312. The lowest BCUT2D eigenvalue weighted by molar-refractivity contribution is -0.143. The molecule has 0 bridgehead atoms. The van der Waals surface area contributed by atoms with Gasteiger partial charge in [0.05, 0.1) is 12.2 Å². The lowest BCUT2D eigenvalue weighted by Crippen LogP contribution is -2.17. The molecule has 128 valence electrons. The fourth-order valence-electron chi connectivity index (χ4n) is 2.64. The molecule has 1 aliphatic rings. The van der Waals surface area contributed by atoms with Crippen molar-refractivity contribution in [1.82, 2.24) is 4.57 Å². The molecule has 1 aromatic carbocycles. The molecule has 0 fully saturated rings. The Morgan fingerprint density at radius 1 is 1.25 bits per heavy atom. The van der Waals surface area contributed by atoms with Crippen LogP contribution >= 0.6 is 0 Å². The van der Waals surface area contributed by atoms with Crippen molar-refractivity contribution >= 4 is 5.97 Å². The van der Waals surface area contributed by atoms with Crippen molar-refractivity contribution in [3.8, 4) is 22.8 Å². The fourth-order valence-corrected chi connectivity index (χ4v) is 2.64. The van der Waals surface area contributed by atoms with E-state index in [2.05, 4.69) is 0 Å². The molecular formula is C16H14F3NO4. The summed E-state index contributed by atoms with van der Waals surface area (Å²) in [6, 6.07) is 5.98. The van der Waals surface area contributed by atoms with Gasteiger partial charge in [0.2, 0.25) is 6.79 Å². The molecule has 0 atom stereocenters. The standard InChI is InChI=1S/C16H14F3NO4/c1-3-22-15(21)10-7-11(20(2)14(10)16(17,18)19)9-4-5-12-13(6-9)24-8-23-12/h4-7H,3,8H2,1-2H3. The number of fused-ring (bicyclic) bond motifs is 1. The number of nitrogens with zero attached hydrogens (tertiary/aromatic N) is 1. The van der Waals surface area contributed by atoms with Crippen LogP contribution in [0.4, 0.5) is 13.2 Å². The van der Waals surface area contributed by atoms with Gasteiger partial charge in [-0.25, -0.2) is 4.79 Å². The maximum absolute atomic E-state index is 13.4. The number of hydrogen-bond donors (Lipinski definition) is 0. The van der Waals surface area contributed by atoms with Crippen LogP contribution in [0.15, 0.2) is 24.3 Å². The minimum absolute atomic E-state index is 0.00954. The topological polar surface area (TPSA) is 49.7 Å². The van der Waals surface area contributed by atoms with Crippen LogP contribution in [0.25, 0.3) is 11.3 Å². The van der Waals surface area contributed by atoms with Crippen molar-refractivity contribution in [3.63, 3.8) is 0 Å². The summed E-state index contributed by atoms with van der Waals surface area (Å²) >= 11 is 0. The summed E-state index contributed by atoms with van der Waals surface area (Å²) in [5.41, 5.74) is -0.861. The van der Waals surface area contributed by atoms with Crippen LogP contribution in [0.3, 0.4) is 0 Å². The van der Waals surface area contributed by atoms with E-state index in [0.29, 0.717) is 17.1 Å². The van der Waals surface area contributed by atoms with Gasteiger partial charge in [-0.05, 0) is 31.2 Å². The molecule has 0 saturated carbocycles. The van der Waals surface area contributed by atoms with Crippen LogP contribution in [-0.4, -0.2) is 23.9 Å². The second-order valence-corrected chi connectivity index (χ2v) is 5.14. The van der Waals surface area contributed by atoms with Gasteiger partial charge in [-0.2, -0.15) is 13.2 Å². The van der Waals surface area contributed by atoms with Gasteiger partial charge < -0.3 is 18.8 Å². The van der Waals surface area contributed by atoms with E-state index in [-0.39, 0.29) is 19.1 Å². The average molecular weight is 341 g/mol. The van der Waals surface area contributed by atoms with Crippen LogP contribution in [-0.2, 0) is 18.0 Å². The molecule has 5 nitrogen and oxygen atoms in total. The van der Waals surface area contributed by atoms with Gasteiger partial charge in [0.25, 0.3) is 0 Å². The SMILES string of the molecule is CCOC(=O)c1cc(-c2ccc3c(c2)OCO3)n(C)c1C(F)(F)F. The summed E-state index contributed by atoms with van der Waals surface area (Å²) < 4.78 is 56.3. The predicted molar refractivity (Wildman–Crippen MR) is 77.9 cm³/mol. The first-order valence-corrected chi connectivity index (χ1v) is 7.17. The Balaban J connectivity index is 2.14. The normalized spacial score (nSPS) is 13.2. The lowest BCUT2D eigenvalue weighted by Gasteiger charge is -2.12. The Morgan fingerprint density at radius 2 is 1.96 bits per heavy atom. The van der Waals surface area contributed by atoms with Crippen molar-refractivity contribution in [1.29, 1.82) is 0 Å². The first-order chi connectivity index (χ1) is 11.3. The van der Waals surface area contributed by atoms with Gasteiger partial charge in [-0.3, -0.25) is 0 Å². The molecule has 2 aromatic rings. The van der Waals surface area contributed by atoms with E-state index < -0.39 is 23.4 Å². The van der Waals surface area contributed by atoms with Crippen LogP contribution < -0.4 is 9.47 Å². The Bertz CT molecular complexity index is 795. The van der Waals surface area contributed by atoms with E-state index in [9.17, 15) is 18.0 Å². The third-order valence-electron chi connectivity index (χ3n) is 3.67. The first kappa shape index (κ1) is 16.2. The molecule has 0 saturated heterocycles. The Kier molecular flexibility index (Phi) is 3.90. The van der Waals surface area contributed by atoms with Crippen LogP contribution in [0.2, 0.25) is 0 Å². The number of carbonyl (C=O) groups is 1. The van der Waals surface area contributed by atoms with Crippen molar-refractivity contribution in [2.45, 2.75) is 13.1 Å². The van der Waals surface area contributed by atoms with Crippen LogP contribution in [0, 0.1) is 0 Å². The zero-order chi connectivity index (χ0) is 17.5. The van der Waals surface area contributed by atoms with E-state index in [1.165, 1.54) is 20.0 Å². The third kappa shape index (κ3) is 2.68. The summed E-state index contributed by atoms with van der Waals surface area (Å²) in [4.78, 5) is 11.9. The van der Waals surface area contributed by atoms with E-state index in [1.807, 2.05) is 0 Å². The highest BCUT2D eigenvalue weighted by Gasteiger charge is 2.40. The summed E-state index contributed by atoms with van der Waals surface area (Å²) in [6.45, 7) is 1.59. The first-order valence-electron chi connectivity index (χ1n) is 7.17. The molecule has 2 heterocycles. The second kappa shape index (κ2) is 5.77. The quantitative estimate of drug-likeness (QED) is 0.800. The average Bonchev–Trinajstić information content (AvgIpc) is 3.09. The van der Waals surface area contributed by atoms with Crippen molar-refractivity contribution in [3.05, 3.63) is 35.5 Å². The van der Waals surface area contributed by atoms with Crippen molar-refractivity contribution in [2.24, 2.45) is 7.05 Å². The molecule has 0 spiro atoms. The maximum Gasteiger partial charge on any atom is 0.432 e. The zero-order valence-corrected chi connectivity index (χ0v) is 12.9. The number of hydrogen-bond acceptors (Lipinski definition) is 4. The molecule has 1 aliphatic heterocycles. The number of rotatable bonds is 3. The van der Waals surface area contributed by atoms with Crippen molar-refractivity contribution in [2.75, 3.05) is 13.4 Å². The molecule has 24 heavy (non-hydrogen) atoms. The van der Waals surface area contributed by atoms with Crippen LogP contribution in [0.5, 0.6) is 11.5 Å². The lowest BCUT2D eigenvalue weighted by atomic mass is 10.1. The van der Waals surface area contributed by atoms with Gasteiger partial charge >= 0.3 is 12.1 Å². The number of halogens is 3. The Labute approximate surface area is 135 Å². The number of carbonyl (C=O) groups excluding carboxylic acids is 1. The number of ether oxygens (including phenoxy) is 3. The summed E-state index contributed by atoms with van der Waals surface area (Å²) in [5, 5.41) is 0. The summed E-state index contributed by atoms with van der Waals surface area (Å²) in [6.07, 6.45) is -4.69. The molecule has 0 radical (unpaired) electrons. The van der Waals surface area contributed by atoms with Gasteiger partial charge in [0, 0.05) is 18.3 Å². The van der Waals surface area contributed by atoms with Gasteiger partial charge in [0.1, 0.15) is 5.69 Å². The Hall–Kier alpha value is -2.64. The van der Waals surface area contributed by atoms with Gasteiger partial charge in [-0.1, -0.05) is 0 Å². The molecule has 0 unspecified atom stereocenters. The molecule has 3 rings (SSSR count). The minimum Gasteiger partial charge on any atom is -0.462 e. The molecule has 0 N–H and O–H groups in total. The predicted octanol–water partition coefficient (Wildman–Crippen LogP) is 3.62. The third-order valence-corrected chi connectivity index (χ3v) is 3.67. The zero-order valence-electron chi connectivity index (χ0n) is 12.9. The summed E-state index contributed by atoms with van der Waals surface area (Å²) in [5.74, 6) is -0.0398. The molecular weight excluding hydrogens is 327 g/mol. The highest BCUT2D eigenvalue weighted by molar-refractivity contribution is 5.93. The number of aromatic nitrogens is 1. The molecule has 8 heteroatoms. The van der Waals surface area contributed by atoms with E-state index in [1.54, 1.807) is 18.2 Å². The van der Waals surface area contributed by atoms with Gasteiger partial charge in [-0.15, -0.1) is 0 Å². The molecule has 0 amide bonds. The Morgan fingerprint density at radius 3 is 2.62 bits per heavy atom. The number of benzene rings is 1. The van der Waals surface area contributed by atoms with E-state index >= 15 is 0 Å². The smallest absolute Gasteiger partial charge is 0.432 e. The highest BCUT2D eigenvalue weighted by Crippen LogP contribution is 2.40. The van der Waals surface area contributed by atoms with Crippen molar-refractivity contribution < 1.29 is 32.2 Å². The second-order valence-electron chi connectivity index (χ2n) is 5.14. The molecule has 1 aromatic heterocycles.